The second-order valence-corrected chi connectivity index (χ2v) is 9.47. The molecule has 0 aliphatic rings. The minimum atomic E-state index is -3.68. The third-order valence-electron chi connectivity index (χ3n) is 5.16. The van der Waals surface area contributed by atoms with Crippen LogP contribution in [0.15, 0.2) is 90.0 Å². The Kier molecular flexibility index (Phi) is 6.28. The lowest BCUT2D eigenvalue weighted by Gasteiger charge is -2.20. The summed E-state index contributed by atoms with van der Waals surface area (Å²) in [7, 11) is -2.18. The first kappa shape index (κ1) is 22.3. The number of hydrogen-bond donors (Lipinski definition) is 1. The van der Waals surface area contributed by atoms with Crippen LogP contribution >= 0.6 is 0 Å². The SMILES string of the molecule is Cc1ccc(S(=O)(=O)N(C)c2ccc(OCC(=O)Nc3cccc4cccnc34)cc2)cc1. The standard InChI is InChI=1S/C25H23N3O4S/c1-18-8-14-22(15-9-18)33(30,31)28(2)20-10-12-21(13-11-20)32-17-24(29)27-23-7-3-5-19-6-4-16-26-25(19)23/h3-16H,17H2,1-2H3,(H,27,29). The van der Waals surface area contributed by atoms with E-state index in [1.165, 1.54) is 11.4 Å². The Morgan fingerprint density at radius 1 is 0.970 bits per heavy atom. The summed E-state index contributed by atoms with van der Waals surface area (Å²) in [5.41, 5.74) is 2.78. The molecular weight excluding hydrogens is 438 g/mol. The van der Waals surface area contributed by atoms with Crippen LogP contribution in [0.2, 0.25) is 0 Å². The van der Waals surface area contributed by atoms with Crippen molar-refractivity contribution in [3.8, 4) is 5.75 Å². The maximum absolute atomic E-state index is 12.8. The van der Waals surface area contributed by atoms with Crippen molar-refractivity contribution in [2.24, 2.45) is 0 Å². The van der Waals surface area contributed by atoms with E-state index in [0.29, 0.717) is 22.6 Å². The Hall–Kier alpha value is -3.91. The topological polar surface area (TPSA) is 88.6 Å². The van der Waals surface area contributed by atoms with E-state index in [9.17, 15) is 13.2 Å². The van der Waals surface area contributed by atoms with Crippen LogP contribution in [-0.2, 0) is 14.8 Å². The van der Waals surface area contributed by atoms with Crippen molar-refractivity contribution in [2.45, 2.75) is 11.8 Å². The number of nitrogens with zero attached hydrogens (tertiary/aromatic N) is 2. The van der Waals surface area contributed by atoms with Crippen molar-refractivity contribution in [1.82, 2.24) is 4.98 Å². The number of aromatic nitrogens is 1. The van der Waals surface area contributed by atoms with E-state index in [1.807, 2.05) is 31.2 Å². The van der Waals surface area contributed by atoms with Gasteiger partial charge in [-0.05, 0) is 55.5 Å². The average Bonchev–Trinajstić information content (AvgIpc) is 2.83. The Labute approximate surface area is 192 Å². The summed E-state index contributed by atoms with van der Waals surface area (Å²) in [6.45, 7) is 1.71. The molecule has 0 saturated heterocycles. The van der Waals surface area contributed by atoms with Crippen molar-refractivity contribution < 1.29 is 17.9 Å². The first-order valence-electron chi connectivity index (χ1n) is 10.3. The molecule has 0 atom stereocenters. The Morgan fingerprint density at radius 3 is 2.39 bits per heavy atom. The quantitative estimate of drug-likeness (QED) is 0.441. The molecule has 33 heavy (non-hydrogen) atoms. The largest absolute Gasteiger partial charge is 0.484 e. The molecule has 4 rings (SSSR count). The fourth-order valence-electron chi connectivity index (χ4n) is 3.30. The number of para-hydroxylation sites is 1. The number of aryl methyl sites for hydroxylation is 1. The molecule has 0 spiro atoms. The minimum Gasteiger partial charge on any atom is -0.484 e. The Balaban J connectivity index is 1.39. The van der Waals surface area contributed by atoms with Crippen molar-refractivity contribution in [3.05, 3.63) is 90.6 Å². The number of amides is 1. The van der Waals surface area contributed by atoms with E-state index >= 15 is 0 Å². The molecule has 0 unspecified atom stereocenters. The smallest absolute Gasteiger partial charge is 0.264 e. The lowest BCUT2D eigenvalue weighted by molar-refractivity contribution is -0.118. The lowest BCUT2D eigenvalue weighted by Crippen LogP contribution is -2.26. The van der Waals surface area contributed by atoms with Crippen LogP contribution < -0.4 is 14.4 Å². The molecular formula is C25H23N3O4S. The van der Waals surface area contributed by atoms with Gasteiger partial charge in [0.15, 0.2) is 6.61 Å². The average molecular weight is 462 g/mol. The summed E-state index contributed by atoms with van der Waals surface area (Å²) in [6.07, 6.45) is 1.67. The number of fused-ring (bicyclic) bond motifs is 1. The zero-order valence-electron chi connectivity index (χ0n) is 18.2. The van der Waals surface area contributed by atoms with E-state index in [-0.39, 0.29) is 17.4 Å². The van der Waals surface area contributed by atoms with E-state index in [4.69, 9.17) is 4.74 Å². The highest BCUT2D eigenvalue weighted by molar-refractivity contribution is 7.92. The van der Waals surface area contributed by atoms with Gasteiger partial charge in [0, 0.05) is 18.6 Å². The summed E-state index contributed by atoms with van der Waals surface area (Å²) in [4.78, 5) is 16.9. The molecule has 0 aliphatic heterocycles. The number of anilines is 2. The van der Waals surface area contributed by atoms with Gasteiger partial charge in [0.1, 0.15) is 5.75 Å². The Bertz CT molecular complexity index is 1380. The van der Waals surface area contributed by atoms with Crippen molar-refractivity contribution in [2.75, 3.05) is 23.3 Å². The molecule has 0 bridgehead atoms. The van der Waals surface area contributed by atoms with Gasteiger partial charge in [0.25, 0.3) is 15.9 Å². The van der Waals surface area contributed by atoms with Crippen LogP contribution in [0.1, 0.15) is 5.56 Å². The molecule has 3 aromatic carbocycles. The zero-order chi connectivity index (χ0) is 23.4. The summed E-state index contributed by atoms with van der Waals surface area (Å²) in [6, 6.07) is 22.5. The van der Waals surface area contributed by atoms with Gasteiger partial charge in [-0.3, -0.25) is 14.1 Å². The number of hydrogen-bond acceptors (Lipinski definition) is 5. The molecule has 1 heterocycles. The van der Waals surface area contributed by atoms with E-state index in [0.717, 1.165) is 10.9 Å². The minimum absolute atomic E-state index is 0.194. The number of rotatable bonds is 7. The van der Waals surface area contributed by atoms with E-state index < -0.39 is 10.0 Å². The van der Waals surface area contributed by atoms with Gasteiger partial charge >= 0.3 is 0 Å². The molecule has 7 nitrogen and oxygen atoms in total. The third-order valence-corrected chi connectivity index (χ3v) is 6.96. The van der Waals surface area contributed by atoms with Gasteiger partial charge in [-0.1, -0.05) is 35.9 Å². The number of sulfonamides is 1. The third kappa shape index (κ3) is 4.96. The maximum Gasteiger partial charge on any atom is 0.264 e. The number of carbonyl (C=O) groups excluding carboxylic acids is 1. The van der Waals surface area contributed by atoms with Crippen molar-refractivity contribution >= 4 is 38.2 Å². The molecule has 0 saturated carbocycles. The predicted octanol–water partition coefficient (Wildman–Crippen LogP) is 4.39. The second-order valence-electron chi connectivity index (χ2n) is 7.50. The van der Waals surface area contributed by atoms with Crippen LogP contribution in [0.25, 0.3) is 10.9 Å². The maximum atomic E-state index is 12.8. The van der Waals surface area contributed by atoms with Crippen LogP contribution in [0.4, 0.5) is 11.4 Å². The molecule has 1 N–H and O–H groups in total. The zero-order valence-corrected chi connectivity index (χ0v) is 19.0. The fourth-order valence-corrected chi connectivity index (χ4v) is 4.50. The second kappa shape index (κ2) is 9.30. The van der Waals surface area contributed by atoms with Gasteiger partial charge in [-0.15, -0.1) is 0 Å². The Morgan fingerprint density at radius 2 is 1.67 bits per heavy atom. The van der Waals surface area contributed by atoms with Gasteiger partial charge in [0.2, 0.25) is 0 Å². The first-order chi connectivity index (χ1) is 15.8. The number of pyridine rings is 1. The summed E-state index contributed by atoms with van der Waals surface area (Å²) >= 11 is 0. The molecule has 0 fully saturated rings. The van der Waals surface area contributed by atoms with Gasteiger partial charge < -0.3 is 10.1 Å². The summed E-state index contributed by atoms with van der Waals surface area (Å²) in [5, 5.41) is 3.74. The summed E-state index contributed by atoms with van der Waals surface area (Å²) in [5.74, 6) is 0.127. The molecule has 168 valence electrons. The molecule has 0 radical (unpaired) electrons. The van der Waals surface area contributed by atoms with Gasteiger partial charge in [0.05, 0.1) is 21.8 Å². The van der Waals surface area contributed by atoms with Gasteiger partial charge in [-0.2, -0.15) is 0 Å². The molecule has 0 aliphatic carbocycles. The van der Waals surface area contributed by atoms with Crippen LogP contribution in [0, 0.1) is 6.92 Å². The number of benzene rings is 3. The highest BCUT2D eigenvalue weighted by atomic mass is 32.2. The highest BCUT2D eigenvalue weighted by Crippen LogP contribution is 2.25. The summed E-state index contributed by atoms with van der Waals surface area (Å²) < 4.78 is 32.5. The number of carbonyl (C=O) groups is 1. The van der Waals surface area contributed by atoms with Crippen LogP contribution in [-0.4, -0.2) is 33.0 Å². The van der Waals surface area contributed by atoms with Crippen molar-refractivity contribution in [1.29, 1.82) is 0 Å². The van der Waals surface area contributed by atoms with Crippen molar-refractivity contribution in [3.63, 3.8) is 0 Å². The molecule has 1 aromatic heterocycles. The normalized spacial score (nSPS) is 11.2. The van der Waals surface area contributed by atoms with Crippen LogP contribution in [0.5, 0.6) is 5.75 Å². The molecule has 8 heteroatoms. The first-order valence-corrected chi connectivity index (χ1v) is 11.7. The van der Waals surface area contributed by atoms with E-state index in [1.54, 1.807) is 60.8 Å². The molecule has 4 aromatic rings. The highest BCUT2D eigenvalue weighted by Gasteiger charge is 2.21. The predicted molar refractivity (Wildman–Crippen MR) is 129 cm³/mol. The number of nitrogens with one attached hydrogen (secondary N) is 1. The van der Waals surface area contributed by atoms with Gasteiger partial charge in [-0.25, -0.2) is 8.42 Å². The van der Waals surface area contributed by atoms with Crippen LogP contribution in [0.3, 0.4) is 0 Å². The lowest BCUT2D eigenvalue weighted by atomic mass is 10.2. The monoisotopic (exact) mass is 461 g/mol. The fraction of sp³-hybridized carbons (Fsp3) is 0.120. The molecule has 1 amide bonds. The number of ether oxygens (including phenoxy) is 1. The van der Waals surface area contributed by atoms with E-state index in [2.05, 4.69) is 10.3 Å².